The molecular weight excluding hydrogens is 348 g/mol. The Morgan fingerprint density at radius 2 is 1.46 bits per heavy atom. The van der Waals surface area contributed by atoms with E-state index in [4.69, 9.17) is 10.5 Å². The van der Waals surface area contributed by atoms with Crippen LogP contribution < -0.4 is 10.5 Å². The second kappa shape index (κ2) is 6.63. The number of nitrogens with one attached hydrogen (secondary N) is 1. The third-order valence-corrected chi connectivity index (χ3v) is 4.67. The molecule has 0 saturated carbocycles. The van der Waals surface area contributed by atoms with Crippen LogP contribution in [-0.4, -0.2) is 14.6 Å². The SMILES string of the molecule is Nc1ccc(-c2cnn3cc(-c4ccc(Oc5ccccc5)cc4)[nH]c23)cc1. The fourth-order valence-corrected chi connectivity index (χ4v) is 3.21. The summed E-state index contributed by atoms with van der Waals surface area (Å²) in [6.07, 6.45) is 3.85. The quantitative estimate of drug-likeness (QED) is 0.420. The molecule has 0 aliphatic rings. The van der Waals surface area contributed by atoms with E-state index in [1.807, 2.05) is 95.8 Å². The van der Waals surface area contributed by atoms with Crippen LogP contribution in [0.25, 0.3) is 28.0 Å². The van der Waals surface area contributed by atoms with Crippen LogP contribution in [0.5, 0.6) is 11.5 Å². The van der Waals surface area contributed by atoms with Gasteiger partial charge in [0.05, 0.1) is 18.1 Å². The van der Waals surface area contributed by atoms with Gasteiger partial charge < -0.3 is 15.5 Å². The first kappa shape index (κ1) is 16.2. The highest BCUT2D eigenvalue weighted by Crippen LogP contribution is 2.29. The van der Waals surface area contributed by atoms with E-state index < -0.39 is 0 Å². The van der Waals surface area contributed by atoms with Gasteiger partial charge in [-0.25, -0.2) is 4.52 Å². The number of anilines is 1. The van der Waals surface area contributed by atoms with Gasteiger partial charge in [-0.1, -0.05) is 30.3 Å². The zero-order valence-electron chi connectivity index (χ0n) is 15.0. The normalized spacial score (nSPS) is 11.0. The van der Waals surface area contributed by atoms with Crippen molar-refractivity contribution in [2.75, 3.05) is 5.73 Å². The molecule has 5 nitrogen and oxygen atoms in total. The summed E-state index contributed by atoms with van der Waals surface area (Å²) < 4.78 is 7.72. The van der Waals surface area contributed by atoms with Crippen LogP contribution >= 0.6 is 0 Å². The smallest absolute Gasteiger partial charge is 0.141 e. The molecule has 136 valence electrons. The van der Waals surface area contributed by atoms with Crippen molar-refractivity contribution in [1.29, 1.82) is 0 Å². The van der Waals surface area contributed by atoms with E-state index >= 15 is 0 Å². The second-order valence-electron chi connectivity index (χ2n) is 6.58. The summed E-state index contributed by atoms with van der Waals surface area (Å²) in [5.41, 5.74) is 11.7. The number of benzene rings is 3. The monoisotopic (exact) mass is 366 g/mol. The minimum Gasteiger partial charge on any atom is -0.457 e. The number of nitrogens with zero attached hydrogens (tertiary/aromatic N) is 2. The van der Waals surface area contributed by atoms with E-state index in [1.165, 1.54) is 0 Å². The Morgan fingerprint density at radius 3 is 2.21 bits per heavy atom. The van der Waals surface area contributed by atoms with E-state index in [0.29, 0.717) is 0 Å². The van der Waals surface area contributed by atoms with Gasteiger partial charge in [-0.2, -0.15) is 5.10 Å². The van der Waals surface area contributed by atoms with E-state index in [2.05, 4.69) is 10.1 Å². The number of hydrogen-bond donors (Lipinski definition) is 2. The van der Waals surface area contributed by atoms with Crippen molar-refractivity contribution >= 4 is 11.3 Å². The number of aromatic amines is 1. The first-order valence-corrected chi connectivity index (χ1v) is 9.02. The topological polar surface area (TPSA) is 68.3 Å². The zero-order valence-corrected chi connectivity index (χ0v) is 15.0. The number of nitrogen functional groups attached to an aromatic ring is 1. The predicted octanol–water partition coefficient (Wildman–Crippen LogP) is 5.37. The van der Waals surface area contributed by atoms with Gasteiger partial charge in [0.2, 0.25) is 0 Å². The zero-order chi connectivity index (χ0) is 18.9. The second-order valence-corrected chi connectivity index (χ2v) is 6.58. The number of hydrogen-bond acceptors (Lipinski definition) is 3. The molecule has 3 aromatic carbocycles. The van der Waals surface area contributed by atoms with Crippen molar-refractivity contribution < 1.29 is 4.74 Å². The largest absolute Gasteiger partial charge is 0.457 e. The van der Waals surface area contributed by atoms with Crippen molar-refractivity contribution in [2.24, 2.45) is 0 Å². The molecule has 2 aromatic heterocycles. The molecular formula is C23H18N4O. The van der Waals surface area contributed by atoms with E-state index in [9.17, 15) is 0 Å². The number of fused-ring (bicyclic) bond motifs is 1. The first-order valence-electron chi connectivity index (χ1n) is 9.02. The molecule has 3 N–H and O–H groups in total. The van der Waals surface area contributed by atoms with Gasteiger partial charge in [0.1, 0.15) is 17.1 Å². The van der Waals surface area contributed by atoms with Crippen molar-refractivity contribution in [3.63, 3.8) is 0 Å². The first-order chi connectivity index (χ1) is 13.8. The van der Waals surface area contributed by atoms with Crippen molar-refractivity contribution in [3.05, 3.63) is 91.3 Å². The number of imidazole rings is 1. The van der Waals surface area contributed by atoms with E-state index in [-0.39, 0.29) is 0 Å². The van der Waals surface area contributed by atoms with Crippen LogP contribution in [0.1, 0.15) is 0 Å². The molecule has 5 rings (SSSR count). The lowest BCUT2D eigenvalue weighted by atomic mass is 10.1. The maximum absolute atomic E-state index is 5.86. The average molecular weight is 366 g/mol. The molecule has 0 fully saturated rings. The molecule has 5 aromatic rings. The molecule has 0 bridgehead atoms. The molecule has 0 saturated heterocycles. The lowest BCUT2D eigenvalue weighted by Gasteiger charge is -2.06. The highest BCUT2D eigenvalue weighted by Gasteiger charge is 2.11. The number of ether oxygens (including phenoxy) is 1. The summed E-state index contributed by atoms with van der Waals surface area (Å²) in [5.74, 6) is 1.62. The third kappa shape index (κ3) is 2.99. The molecule has 0 aliphatic carbocycles. The van der Waals surface area contributed by atoms with Gasteiger partial charge in [-0.15, -0.1) is 0 Å². The van der Waals surface area contributed by atoms with Crippen molar-refractivity contribution in [3.8, 4) is 33.9 Å². The number of para-hydroxylation sites is 1. The molecule has 0 amide bonds. The summed E-state index contributed by atoms with van der Waals surface area (Å²) in [6.45, 7) is 0. The highest BCUT2D eigenvalue weighted by molar-refractivity contribution is 5.80. The number of aromatic nitrogens is 3. The molecule has 0 aliphatic heterocycles. The van der Waals surface area contributed by atoms with Gasteiger partial charge in [-0.3, -0.25) is 0 Å². The number of rotatable bonds is 4. The van der Waals surface area contributed by atoms with Gasteiger partial charge in [0, 0.05) is 11.3 Å². The Labute approximate surface area is 162 Å². The fraction of sp³-hybridized carbons (Fsp3) is 0. The molecule has 2 heterocycles. The highest BCUT2D eigenvalue weighted by atomic mass is 16.5. The van der Waals surface area contributed by atoms with E-state index in [1.54, 1.807) is 0 Å². The van der Waals surface area contributed by atoms with Crippen LogP contribution in [0.15, 0.2) is 91.3 Å². The summed E-state index contributed by atoms with van der Waals surface area (Å²) in [4.78, 5) is 3.47. The predicted molar refractivity (Wildman–Crippen MR) is 111 cm³/mol. The third-order valence-electron chi connectivity index (χ3n) is 4.67. The van der Waals surface area contributed by atoms with Crippen LogP contribution in [0.4, 0.5) is 5.69 Å². The minimum absolute atomic E-state index is 0.747. The maximum Gasteiger partial charge on any atom is 0.141 e. The molecule has 0 atom stereocenters. The van der Waals surface area contributed by atoms with Gasteiger partial charge in [0.15, 0.2) is 0 Å². The lowest BCUT2D eigenvalue weighted by Crippen LogP contribution is -1.85. The fourth-order valence-electron chi connectivity index (χ4n) is 3.21. The molecule has 0 radical (unpaired) electrons. The Morgan fingerprint density at radius 1 is 0.786 bits per heavy atom. The molecule has 0 spiro atoms. The van der Waals surface area contributed by atoms with Gasteiger partial charge in [0.25, 0.3) is 0 Å². The molecule has 0 unspecified atom stereocenters. The Kier molecular flexibility index (Phi) is 3.84. The summed E-state index contributed by atoms with van der Waals surface area (Å²) in [5, 5.41) is 4.47. The van der Waals surface area contributed by atoms with Crippen molar-refractivity contribution in [1.82, 2.24) is 14.6 Å². The van der Waals surface area contributed by atoms with Crippen LogP contribution in [0, 0.1) is 0 Å². The summed E-state index contributed by atoms with van der Waals surface area (Å²) in [6, 6.07) is 25.6. The Balaban J connectivity index is 1.44. The Bertz CT molecular complexity index is 1220. The minimum atomic E-state index is 0.747. The van der Waals surface area contributed by atoms with Crippen LogP contribution in [0.3, 0.4) is 0 Å². The van der Waals surface area contributed by atoms with Crippen LogP contribution in [-0.2, 0) is 0 Å². The lowest BCUT2D eigenvalue weighted by molar-refractivity contribution is 0.483. The van der Waals surface area contributed by atoms with Crippen LogP contribution in [0.2, 0.25) is 0 Å². The molecule has 5 heteroatoms. The number of H-pyrrole nitrogens is 1. The van der Waals surface area contributed by atoms with Crippen molar-refractivity contribution in [2.45, 2.75) is 0 Å². The maximum atomic E-state index is 5.86. The molecule has 28 heavy (non-hydrogen) atoms. The summed E-state index contributed by atoms with van der Waals surface area (Å²) in [7, 11) is 0. The summed E-state index contributed by atoms with van der Waals surface area (Å²) >= 11 is 0. The van der Waals surface area contributed by atoms with E-state index in [0.717, 1.165) is 45.2 Å². The standard InChI is InChI=1S/C23H18N4O/c24-18-10-6-16(7-11-18)21-14-25-27-15-22(26-23(21)27)17-8-12-20(13-9-17)28-19-4-2-1-3-5-19/h1-15,26H,24H2. The number of nitrogens with two attached hydrogens (primary N) is 1. The average Bonchev–Trinajstić information content (AvgIpc) is 3.31. The van der Waals surface area contributed by atoms with Gasteiger partial charge >= 0.3 is 0 Å². The Hall–Kier alpha value is -3.99. The van der Waals surface area contributed by atoms with Gasteiger partial charge in [-0.05, 0) is 59.7 Å².